The Balaban J connectivity index is 1.77. The van der Waals surface area contributed by atoms with Crippen LogP contribution in [0.25, 0.3) is 15.9 Å². The van der Waals surface area contributed by atoms with Crippen LogP contribution < -0.4 is 21.3 Å². The molecule has 164 valence electrons. The topological polar surface area (TPSA) is 82.3 Å². The molecule has 2 aromatic carbocycles. The van der Waals surface area contributed by atoms with Crippen LogP contribution in [0.1, 0.15) is 5.56 Å². The molecule has 0 aliphatic carbocycles. The Labute approximate surface area is 190 Å². The summed E-state index contributed by atoms with van der Waals surface area (Å²) in [6.45, 7) is 1.27. The second-order valence-electron chi connectivity index (χ2n) is 6.97. The van der Waals surface area contributed by atoms with E-state index in [9.17, 15) is 18.8 Å². The smallest absolute Gasteiger partial charge is 0.336 e. The van der Waals surface area contributed by atoms with E-state index in [1.54, 1.807) is 30.5 Å². The number of aromatic nitrogens is 2. The normalized spacial score (nSPS) is 11.0. The zero-order chi connectivity index (χ0) is 23.0. The average molecular weight is 474 g/mol. The Morgan fingerprint density at radius 2 is 1.97 bits per heavy atom. The van der Waals surface area contributed by atoms with E-state index in [0.29, 0.717) is 32.2 Å². The third kappa shape index (κ3) is 3.92. The second kappa shape index (κ2) is 8.60. The highest BCUT2D eigenvalue weighted by Gasteiger charge is 2.19. The lowest BCUT2D eigenvalue weighted by Crippen LogP contribution is -2.40. The number of fused-ring (bicyclic) bond motifs is 1. The lowest BCUT2D eigenvalue weighted by Gasteiger charge is -2.14. The van der Waals surface area contributed by atoms with Crippen molar-refractivity contribution in [3.8, 4) is 11.4 Å². The fraction of sp³-hybridized carbons (Fsp3) is 0.136. The number of nitrogens with zero attached hydrogens (tertiary/aromatic N) is 2. The standard InChI is InChI=1S/C22H17ClFN3O4S/c1-12-9-13(24)3-5-16(12)27-21(29)20-17(7-8-32-20)26(22(27)30)11-19(28)25-14-4-6-18(31-2)15(23)10-14/h3-10H,11H2,1-2H3,(H,25,28). The maximum atomic E-state index is 13.6. The summed E-state index contributed by atoms with van der Waals surface area (Å²) < 4.78 is 21.2. The predicted molar refractivity (Wildman–Crippen MR) is 123 cm³/mol. The van der Waals surface area contributed by atoms with Gasteiger partial charge in [0.1, 0.15) is 22.8 Å². The van der Waals surface area contributed by atoms with Gasteiger partial charge in [0.15, 0.2) is 0 Å². The molecule has 32 heavy (non-hydrogen) atoms. The van der Waals surface area contributed by atoms with Crippen molar-refractivity contribution in [3.63, 3.8) is 0 Å². The first-order valence-electron chi connectivity index (χ1n) is 9.43. The molecule has 0 bridgehead atoms. The van der Waals surface area contributed by atoms with Crippen LogP contribution in [0, 0.1) is 12.7 Å². The average Bonchev–Trinajstić information content (AvgIpc) is 3.23. The Morgan fingerprint density at radius 1 is 1.19 bits per heavy atom. The Hall–Kier alpha value is -3.43. The Morgan fingerprint density at radius 3 is 2.66 bits per heavy atom. The first-order chi connectivity index (χ1) is 15.3. The van der Waals surface area contributed by atoms with Crippen molar-refractivity contribution >= 4 is 44.7 Å². The van der Waals surface area contributed by atoms with Crippen LogP contribution in [0.2, 0.25) is 5.02 Å². The molecule has 4 aromatic rings. The molecule has 0 atom stereocenters. The van der Waals surface area contributed by atoms with Crippen molar-refractivity contribution in [2.45, 2.75) is 13.5 Å². The van der Waals surface area contributed by atoms with Gasteiger partial charge in [0.25, 0.3) is 5.56 Å². The van der Waals surface area contributed by atoms with Crippen LogP contribution in [0.4, 0.5) is 10.1 Å². The third-order valence-electron chi connectivity index (χ3n) is 4.89. The van der Waals surface area contributed by atoms with E-state index in [1.807, 2.05) is 0 Å². The number of hydrogen-bond donors (Lipinski definition) is 1. The van der Waals surface area contributed by atoms with Crippen molar-refractivity contribution in [1.82, 2.24) is 9.13 Å². The van der Waals surface area contributed by atoms with Gasteiger partial charge in [-0.1, -0.05) is 11.6 Å². The minimum absolute atomic E-state index is 0.257. The molecule has 7 nitrogen and oxygen atoms in total. The summed E-state index contributed by atoms with van der Waals surface area (Å²) in [4.78, 5) is 39.0. The first-order valence-corrected chi connectivity index (χ1v) is 10.7. The summed E-state index contributed by atoms with van der Waals surface area (Å²) in [6, 6.07) is 10.2. The van der Waals surface area contributed by atoms with E-state index < -0.39 is 23.0 Å². The molecule has 0 aliphatic heterocycles. The first kappa shape index (κ1) is 21.8. The summed E-state index contributed by atoms with van der Waals surface area (Å²) in [5, 5.41) is 4.68. The maximum Gasteiger partial charge on any atom is 0.336 e. The van der Waals surface area contributed by atoms with Gasteiger partial charge in [-0.2, -0.15) is 0 Å². The number of halogens is 2. The number of aryl methyl sites for hydroxylation is 1. The molecule has 0 aliphatic rings. The maximum absolute atomic E-state index is 13.6. The van der Waals surface area contributed by atoms with Crippen molar-refractivity contribution in [2.24, 2.45) is 0 Å². The number of methoxy groups -OCH3 is 1. The van der Waals surface area contributed by atoms with Gasteiger partial charge in [0, 0.05) is 5.69 Å². The lowest BCUT2D eigenvalue weighted by molar-refractivity contribution is -0.116. The van der Waals surface area contributed by atoms with Crippen molar-refractivity contribution in [2.75, 3.05) is 12.4 Å². The highest BCUT2D eigenvalue weighted by atomic mass is 35.5. The Kier molecular flexibility index (Phi) is 5.86. The number of benzene rings is 2. The summed E-state index contributed by atoms with van der Waals surface area (Å²) in [7, 11) is 1.48. The molecule has 0 fully saturated rings. The van der Waals surface area contributed by atoms with Gasteiger partial charge in [-0.15, -0.1) is 11.3 Å². The number of nitrogens with one attached hydrogen (secondary N) is 1. The quantitative estimate of drug-likeness (QED) is 0.475. The SMILES string of the molecule is COc1ccc(NC(=O)Cn2c(=O)n(-c3ccc(F)cc3C)c(=O)c3sccc32)cc1Cl. The fourth-order valence-electron chi connectivity index (χ4n) is 3.41. The Bertz CT molecular complexity index is 1470. The molecule has 0 saturated heterocycles. The van der Waals surface area contributed by atoms with Crippen LogP contribution >= 0.6 is 22.9 Å². The summed E-state index contributed by atoms with van der Waals surface area (Å²) in [5.41, 5.74) is 0.241. The fourth-order valence-corrected chi connectivity index (χ4v) is 4.49. The number of thiophene rings is 1. The second-order valence-corrected chi connectivity index (χ2v) is 8.30. The molecule has 10 heteroatoms. The zero-order valence-corrected chi connectivity index (χ0v) is 18.6. The van der Waals surface area contributed by atoms with Gasteiger partial charge >= 0.3 is 5.69 Å². The van der Waals surface area contributed by atoms with E-state index in [-0.39, 0.29) is 12.2 Å². The molecule has 1 N–H and O–H groups in total. The van der Waals surface area contributed by atoms with Crippen LogP contribution in [-0.4, -0.2) is 22.2 Å². The molecule has 0 spiro atoms. The van der Waals surface area contributed by atoms with Crippen LogP contribution in [0.15, 0.2) is 57.4 Å². The van der Waals surface area contributed by atoms with E-state index in [2.05, 4.69) is 5.32 Å². The minimum atomic E-state index is -0.696. The monoisotopic (exact) mass is 473 g/mol. The van der Waals surface area contributed by atoms with E-state index in [0.717, 1.165) is 15.9 Å². The number of carbonyl (C=O) groups excluding carboxylic acids is 1. The summed E-state index contributed by atoms with van der Waals surface area (Å²) in [5.74, 6) is -0.501. The highest BCUT2D eigenvalue weighted by molar-refractivity contribution is 7.17. The largest absolute Gasteiger partial charge is 0.495 e. The van der Waals surface area contributed by atoms with Crippen molar-refractivity contribution in [1.29, 1.82) is 0 Å². The van der Waals surface area contributed by atoms with Crippen LogP contribution in [-0.2, 0) is 11.3 Å². The van der Waals surface area contributed by atoms with Crippen LogP contribution in [0.5, 0.6) is 5.75 Å². The van der Waals surface area contributed by atoms with Gasteiger partial charge < -0.3 is 10.1 Å². The number of anilines is 1. The van der Waals surface area contributed by atoms with E-state index >= 15 is 0 Å². The number of carbonyl (C=O) groups is 1. The summed E-state index contributed by atoms with van der Waals surface area (Å²) in [6.07, 6.45) is 0. The molecule has 0 radical (unpaired) electrons. The van der Waals surface area contributed by atoms with Gasteiger partial charge in [-0.25, -0.2) is 13.8 Å². The van der Waals surface area contributed by atoms with E-state index in [4.69, 9.17) is 16.3 Å². The number of hydrogen-bond acceptors (Lipinski definition) is 5. The van der Waals surface area contributed by atoms with Gasteiger partial charge in [0.2, 0.25) is 5.91 Å². The van der Waals surface area contributed by atoms with E-state index in [1.165, 1.54) is 35.9 Å². The summed E-state index contributed by atoms with van der Waals surface area (Å²) >= 11 is 7.26. The molecule has 2 aromatic heterocycles. The lowest BCUT2D eigenvalue weighted by atomic mass is 10.2. The minimum Gasteiger partial charge on any atom is -0.495 e. The molecular weight excluding hydrogens is 457 g/mol. The van der Waals surface area contributed by atoms with Crippen molar-refractivity contribution < 1.29 is 13.9 Å². The van der Waals surface area contributed by atoms with Gasteiger partial charge in [-0.05, 0) is 60.3 Å². The molecule has 4 rings (SSSR count). The number of rotatable bonds is 5. The number of amides is 1. The zero-order valence-electron chi connectivity index (χ0n) is 17.0. The molecule has 0 saturated carbocycles. The van der Waals surface area contributed by atoms with Crippen molar-refractivity contribution in [3.05, 3.63) is 85.1 Å². The predicted octanol–water partition coefficient (Wildman–Crippen LogP) is 3.96. The third-order valence-corrected chi connectivity index (χ3v) is 6.08. The molecule has 2 heterocycles. The van der Waals surface area contributed by atoms with Crippen LogP contribution in [0.3, 0.4) is 0 Å². The highest BCUT2D eigenvalue weighted by Crippen LogP contribution is 2.27. The number of ether oxygens (including phenoxy) is 1. The van der Waals surface area contributed by atoms with Gasteiger partial charge in [0.05, 0.1) is 23.3 Å². The molecule has 1 amide bonds. The molecular formula is C22H17ClFN3O4S. The molecule has 0 unspecified atom stereocenters. The van der Waals surface area contributed by atoms with Gasteiger partial charge in [-0.3, -0.25) is 14.2 Å².